The number of allylic oxidation sites excluding steroid dienone is 1. The molecule has 0 unspecified atom stereocenters. The molecule has 0 aliphatic heterocycles. The number of benzene rings is 2. The molecular weight excluding hydrogens is 296 g/mol. The molecule has 0 saturated carbocycles. The molecule has 3 nitrogen and oxygen atoms in total. The molecule has 0 aliphatic carbocycles. The van der Waals surface area contributed by atoms with E-state index >= 15 is 0 Å². The van der Waals surface area contributed by atoms with E-state index in [9.17, 15) is 0 Å². The number of oxime groups is 1. The molecular formula is C21H24N2O. The number of aliphatic imine (C=N–C) groups is 1. The molecule has 0 bridgehead atoms. The number of aryl methyl sites for hydroxylation is 4. The molecule has 124 valence electrons. The second-order valence-electron chi connectivity index (χ2n) is 6.27. The minimum Gasteiger partial charge on any atom is -0.411 e. The van der Waals surface area contributed by atoms with Crippen molar-refractivity contribution in [2.24, 2.45) is 10.1 Å². The zero-order valence-electron chi connectivity index (χ0n) is 15.0. The maximum Gasteiger partial charge on any atom is 0.0844 e. The van der Waals surface area contributed by atoms with Crippen molar-refractivity contribution in [3.8, 4) is 0 Å². The average Bonchev–Trinajstić information content (AvgIpc) is 2.49. The van der Waals surface area contributed by atoms with Crippen LogP contribution in [0, 0.1) is 27.7 Å². The van der Waals surface area contributed by atoms with Gasteiger partial charge in [-0.3, -0.25) is 4.99 Å². The Hall–Kier alpha value is -2.68. The average molecular weight is 320 g/mol. The second kappa shape index (κ2) is 7.73. The lowest BCUT2D eigenvalue weighted by Crippen LogP contribution is -1.93. The maximum absolute atomic E-state index is 8.63. The van der Waals surface area contributed by atoms with Crippen LogP contribution in [0.4, 0.5) is 0 Å². The Morgan fingerprint density at radius 2 is 1.21 bits per heavy atom. The van der Waals surface area contributed by atoms with E-state index in [1.807, 2.05) is 0 Å². The van der Waals surface area contributed by atoms with E-state index in [2.05, 4.69) is 81.2 Å². The van der Waals surface area contributed by atoms with Crippen molar-refractivity contribution in [3.63, 3.8) is 0 Å². The Bertz CT molecular complexity index is 789. The topological polar surface area (TPSA) is 45.0 Å². The lowest BCUT2D eigenvalue weighted by molar-refractivity contribution is 0.322. The van der Waals surface area contributed by atoms with E-state index in [0.717, 1.165) is 22.4 Å². The molecule has 2 aromatic carbocycles. The van der Waals surface area contributed by atoms with Crippen LogP contribution in [0.2, 0.25) is 0 Å². The molecule has 0 spiro atoms. The highest BCUT2D eigenvalue weighted by Crippen LogP contribution is 2.29. The van der Waals surface area contributed by atoms with Gasteiger partial charge in [0.05, 0.1) is 11.9 Å². The molecule has 0 aromatic heterocycles. The Labute approximate surface area is 144 Å². The Kier molecular flexibility index (Phi) is 5.69. The molecule has 0 atom stereocenters. The van der Waals surface area contributed by atoms with Crippen molar-refractivity contribution >= 4 is 23.7 Å². The van der Waals surface area contributed by atoms with Crippen LogP contribution in [-0.2, 0) is 0 Å². The summed E-state index contributed by atoms with van der Waals surface area (Å²) in [4.78, 5) is 4.55. The zero-order valence-corrected chi connectivity index (χ0v) is 15.0. The first-order valence-corrected chi connectivity index (χ1v) is 7.99. The summed E-state index contributed by atoms with van der Waals surface area (Å²) in [6.45, 7) is 10.4. The van der Waals surface area contributed by atoms with E-state index < -0.39 is 0 Å². The predicted octanol–water partition coefficient (Wildman–Crippen LogP) is 5.34. The van der Waals surface area contributed by atoms with Crippen LogP contribution >= 0.6 is 0 Å². The van der Waals surface area contributed by atoms with Crippen molar-refractivity contribution in [2.45, 2.75) is 34.6 Å². The smallest absolute Gasteiger partial charge is 0.0844 e. The highest BCUT2D eigenvalue weighted by Gasteiger charge is 2.09. The molecule has 1 N–H and O–H groups in total. The third-order valence-corrected chi connectivity index (χ3v) is 3.84. The number of nitrogens with zero attached hydrogens (tertiary/aromatic N) is 2. The van der Waals surface area contributed by atoms with Gasteiger partial charge in [-0.2, -0.15) is 0 Å². The molecule has 2 rings (SSSR count). The summed E-state index contributed by atoms with van der Waals surface area (Å²) < 4.78 is 0. The molecule has 3 heteroatoms. The van der Waals surface area contributed by atoms with E-state index in [1.165, 1.54) is 34.7 Å². The standard InChI is InChI=1S/C21H24N2O/c1-14-8-15(2)11-19(10-14)18(5)21(22-6-7-23-24)20-12-16(3)9-17(4)13-20/h6-13,24H,1-5H3/b21-18+,22-6-,23-7+. The molecule has 0 aliphatic rings. The van der Waals surface area contributed by atoms with Gasteiger partial charge in [0.15, 0.2) is 0 Å². The number of hydrogen-bond donors (Lipinski definition) is 1. The van der Waals surface area contributed by atoms with Gasteiger partial charge in [-0.15, -0.1) is 0 Å². The van der Waals surface area contributed by atoms with E-state index in [4.69, 9.17) is 5.21 Å². The van der Waals surface area contributed by atoms with Crippen LogP contribution in [0.15, 0.2) is 46.5 Å². The van der Waals surface area contributed by atoms with Crippen molar-refractivity contribution in [1.82, 2.24) is 0 Å². The Balaban J connectivity index is 2.67. The van der Waals surface area contributed by atoms with Crippen LogP contribution in [0.3, 0.4) is 0 Å². The van der Waals surface area contributed by atoms with E-state index in [1.54, 1.807) is 0 Å². The van der Waals surface area contributed by atoms with Crippen molar-refractivity contribution in [1.29, 1.82) is 0 Å². The first-order chi connectivity index (χ1) is 11.4. The fourth-order valence-corrected chi connectivity index (χ4v) is 2.96. The summed E-state index contributed by atoms with van der Waals surface area (Å²) in [5.74, 6) is 0. The van der Waals surface area contributed by atoms with Crippen molar-refractivity contribution < 1.29 is 5.21 Å². The third-order valence-electron chi connectivity index (χ3n) is 3.84. The lowest BCUT2D eigenvalue weighted by atomic mass is 9.96. The van der Waals surface area contributed by atoms with Crippen LogP contribution in [0.5, 0.6) is 0 Å². The minimum absolute atomic E-state index is 0.881. The molecule has 0 heterocycles. The first-order valence-electron chi connectivity index (χ1n) is 7.99. The van der Waals surface area contributed by atoms with Gasteiger partial charge >= 0.3 is 0 Å². The summed E-state index contributed by atoms with van der Waals surface area (Å²) >= 11 is 0. The normalized spacial score (nSPS) is 12.9. The monoisotopic (exact) mass is 320 g/mol. The lowest BCUT2D eigenvalue weighted by Gasteiger charge is -2.12. The van der Waals surface area contributed by atoms with Gasteiger partial charge in [-0.25, -0.2) is 0 Å². The quantitative estimate of drug-likeness (QED) is 0.351. The zero-order chi connectivity index (χ0) is 17.7. The molecule has 0 saturated heterocycles. The summed E-state index contributed by atoms with van der Waals surface area (Å²) in [6, 6.07) is 12.9. The fourth-order valence-electron chi connectivity index (χ4n) is 2.96. The molecule has 2 aromatic rings. The highest BCUT2D eigenvalue weighted by molar-refractivity contribution is 6.17. The van der Waals surface area contributed by atoms with Crippen LogP contribution < -0.4 is 0 Å². The number of rotatable bonds is 4. The maximum atomic E-state index is 8.63. The van der Waals surface area contributed by atoms with Gasteiger partial charge in [-0.1, -0.05) is 51.7 Å². The van der Waals surface area contributed by atoms with Gasteiger partial charge in [0, 0.05) is 11.8 Å². The Morgan fingerprint density at radius 3 is 1.67 bits per heavy atom. The predicted molar refractivity (Wildman–Crippen MR) is 103 cm³/mol. The van der Waals surface area contributed by atoms with E-state index in [-0.39, 0.29) is 0 Å². The van der Waals surface area contributed by atoms with Crippen LogP contribution in [-0.4, -0.2) is 17.6 Å². The van der Waals surface area contributed by atoms with Crippen LogP contribution in [0.25, 0.3) is 11.3 Å². The third kappa shape index (κ3) is 4.42. The van der Waals surface area contributed by atoms with Gasteiger partial charge < -0.3 is 5.21 Å². The molecule has 24 heavy (non-hydrogen) atoms. The van der Waals surface area contributed by atoms with Gasteiger partial charge in [0.25, 0.3) is 0 Å². The van der Waals surface area contributed by atoms with Gasteiger partial charge in [-0.05, 0) is 57.9 Å². The minimum atomic E-state index is 0.881. The van der Waals surface area contributed by atoms with E-state index in [0.29, 0.717) is 0 Å². The summed E-state index contributed by atoms with van der Waals surface area (Å²) in [5, 5.41) is 11.6. The van der Waals surface area contributed by atoms with Gasteiger partial charge in [0.2, 0.25) is 0 Å². The molecule has 0 amide bonds. The number of hydrogen-bond acceptors (Lipinski definition) is 3. The molecule has 0 radical (unpaired) electrons. The van der Waals surface area contributed by atoms with Crippen molar-refractivity contribution in [2.75, 3.05) is 0 Å². The fraction of sp³-hybridized carbons (Fsp3) is 0.238. The Morgan fingerprint density at radius 1 is 0.750 bits per heavy atom. The first kappa shape index (κ1) is 17.7. The summed E-state index contributed by atoms with van der Waals surface area (Å²) in [5.41, 5.74) is 9.03. The summed E-state index contributed by atoms with van der Waals surface area (Å²) in [7, 11) is 0. The summed E-state index contributed by atoms with van der Waals surface area (Å²) in [6.07, 6.45) is 2.79. The van der Waals surface area contributed by atoms with Crippen LogP contribution in [0.1, 0.15) is 40.3 Å². The van der Waals surface area contributed by atoms with Gasteiger partial charge in [0.1, 0.15) is 0 Å². The van der Waals surface area contributed by atoms with Crippen molar-refractivity contribution in [3.05, 3.63) is 69.8 Å². The largest absolute Gasteiger partial charge is 0.411 e. The second-order valence-corrected chi connectivity index (χ2v) is 6.27. The highest BCUT2D eigenvalue weighted by atomic mass is 16.4. The molecule has 0 fully saturated rings. The SMILES string of the molecule is C\C(=C(/N=C\C=N\O)c1cc(C)cc(C)c1)c1cc(C)cc(C)c1.